The molecule has 0 bridgehead atoms. The van der Waals surface area contributed by atoms with Crippen molar-refractivity contribution in [3.63, 3.8) is 0 Å². The Morgan fingerprint density at radius 3 is 2.70 bits per heavy atom. The first kappa shape index (κ1) is 16.0. The lowest BCUT2D eigenvalue weighted by molar-refractivity contribution is -0.138. The molecule has 0 saturated heterocycles. The molecule has 7 heteroatoms. The first-order valence-corrected chi connectivity index (χ1v) is 6.72. The van der Waals surface area contributed by atoms with Gasteiger partial charge in [-0.1, -0.05) is 20.3 Å². The molecule has 1 heterocycles. The van der Waals surface area contributed by atoms with Crippen molar-refractivity contribution in [1.82, 2.24) is 15.6 Å². The van der Waals surface area contributed by atoms with Crippen LogP contribution >= 0.6 is 0 Å². The van der Waals surface area contributed by atoms with Crippen molar-refractivity contribution in [2.45, 2.75) is 39.7 Å². The molecule has 112 valence electrons. The van der Waals surface area contributed by atoms with Crippen molar-refractivity contribution in [1.29, 1.82) is 0 Å². The summed E-state index contributed by atoms with van der Waals surface area (Å²) >= 11 is 0. The van der Waals surface area contributed by atoms with E-state index in [2.05, 4.69) is 15.6 Å². The summed E-state index contributed by atoms with van der Waals surface area (Å²) in [5.74, 6) is 0.307. The van der Waals surface area contributed by atoms with Crippen LogP contribution < -0.4 is 10.6 Å². The number of carbonyl (C=O) groups excluding carboxylic acids is 1. The van der Waals surface area contributed by atoms with Crippen LogP contribution in [0.1, 0.15) is 38.3 Å². The Morgan fingerprint density at radius 1 is 1.40 bits per heavy atom. The zero-order chi connectivity index (χ0) is 15.0. The van der Waals surface area contributed by atoms with Crippen LogP contribution in [0.15, 0.2) is 10.6 Å². The quantitative estimate of drug-likeness (QED) is 0.671. The van der Waals surface area contributed by atoms with E-state index in [1.54, 1.807) is 6.20 Å². The van der Waals surface area contributed by atoms with Crippen molar-refractivity contribution < 1.29 is 19.1 Å². The van der Waals surface area contributed by atoms with Gasteiger partial charge in [0.05, 0.1) is 12.7 Å². The Labute approximate surface area is 117 Å². The third-order valence-corrected chi connectivity index (χ3v) is 2.94. The number of amides is 2. The second-order valence-electron chi connectivity index (χ2n) is 4.51. The van der Waals surface area contributed by atoms with Gasteiger partial charge in [-0.15, -0.1) is 0 Å². The van der Waals surface area contributed by atoms with Crippen LogP contribution in [-0.4, -0.2) is 28.6 Å². The Kier molecular flexibility index (Phi) is 6.55. The van der Waals surface area contributed by atoms with E-state index >= 15 is 0 Å². The number of urea groups is 1. The molecular weight excluding hydrogens is 262 g/mol. The fourth-order valence-electron chi connectivity index (χ4n) is 1.66. The van der Waals surface area contributed by atoms with Crippen LogP contribution in [0.25, 0.3) is 0 Å². The third-order valence-electron chi connectivity index (χ3n) is 2.94. The summed E-state index contributed by atoms with van der Waals surface area (Å²) in [5.41, 5.74) is 0. The Hall–Kier alpha value is -2.05. The molecule has 2 amide bonds. The molecule has 1 unspecified atom stereocenters. The summed E-state index contributed by atoms with van der Waals surface area (Å²) in [6.45, 7) is 4.39. The number of carboxylic acids is 1. The zero-order valence-corrected chi connectivity index (χ0v) is 11.8. The maximum atomic E-state index is 11.6. The fraction of sp³-hybridized carbons (Fsp3) is 0.615. The summed E-state index contributed by atoms with van der Waals surface area (Å²) < 4.78 is 5.35. The van der Waals surface area contributed by atoms with Crippen LogP contribution in [0.5, 0.6) is 0 Å². The van der Waals surface area contributed by atoms with Crippen LogP contribution in [-0.2, 0) is 17.8 Å². The summed E-state index contributed by atoms with van der Waals surface area (Å²) in [6, 6.07) is -0.356. The Balaban J connectivity index is 2.27. The minimum atomic E-state index is -0.856. The van der Waals surface area contributed by atoms with E-state index < -0.39 is 5.97 Å². The number of oxazole rings is 1. The maximum Gasteiger partial charge on any atom is 0.315 e. The predicted octanol–water partition coefficient (Wildman–Crippen LogP) is 1.54. The summed E-state index contributed by atoms with van der Waals surface area (Å²) in [5, 5.41) is 14.0. The van der Waals surface area contributed by atoms with Gasteiger partial charge in [-0.05, 0) is 5.92 Å². The SMILES string of the molecule is CCc1cnc(CNC(=O)NCC(CC)CC(=O)O)o1. The lowest BCUT2D eigenvalue weighted by Gasteiger charge is -2.13. The zero-order valence-electron chi connectivity index (χ0n) is 11.8. The normalized spacial score (nSPS) is 11.9. The number of aromatic nitrogens is 1. The van der Waals surface area contributed by atoms with E-state index in [1.165, 1.54) is 0 Å². The number of aliphatic carboxylic acids is 1. The summed E-state index contributed by atoms with van der Waals surface area (Å²) in [7, 11) is 0. The van der Waals surface area contributed by atoms with Gasteiger partial charge in [-0.2, -0.15) is 0 Å². The number of aryl methyl sites for hydroxylation is 1. The van der Waals surface area contributed by atoms with Gasteiger partial charge in [-0.3, -0.25) is 4.79 Å². The maximum absolute atomic E-state index is 11.6. The monoisotopic (exact) mass is 283 g/mol. The van der Waals surface area contributed by atoms with Crippen LogP contribution in [0.2, 0.25) is 0 Å². The predicted molar refractivity (Wildman–Crippen MR) is 72.2 cm³/mol. The Bertz CT molecular complexity index is 445. The molecule has 1 aromatic rings. The van der Waals surface area contributed by atoms with Crippen LogP contribution in [0, 0.1) is 5.92 Å². The lowest BCUT2D eigenvalue weighted by atomic mass is 10.0. The summed E-state index contributed by atoms with van der Waals surface area (Å²) in [6.07, 6.45) is 3.14. The van der Waals surface area contributed by atoms with Crippen molar-refractivity contribution in [3.8, 4) is 0 Å². The standard InChI is InChI=1S/C13H21N3O4/c1-3-9(5-12(17)18)6-15-13(19)16-8-11-14-7-10(4-2)20-11/h7,9H,3-6,8H2,1-2H3,(H,17,18)(H2,15,16,19). The van der Waals surface area contributed by atoms with Crippen molar-refractivity contribution >= 4 is 12.0 Å². The highest BCUT2D eigenvalue weighted by atomic mass is 16.4. The number of hydrogen-bond acceptors (Lipinski definition) is 4. The lowest BCUT2D eigenvalue weighted by Crippen LogP contribution is -2.38. The van der Waals surface area contributed by atoms with Gasteiger partial charge in [-0.25, -0.2) is 9.78 Å². The van der Waals surface area contributed by atoms with E-state index in [0.717, 1.165) is 12.2 Å². The molecule has 3 N–H and O–H groups in total. The molecule has 0 aliphatic heterocycles. The minimum absolute atomic E-state index is 0.0520. The minimum Gasteiger partial charge on any atom is -0.481 e. The fourth-order valence-corrected chi connectivity index (χ4v) is 1.66. The van der Waals surface area contributed by atoms with E-state index in [9.17, 15) is 9.59 Å². The average molecular weight is 283 g/mol. The van der Waals surface area contributed by atoms with Crippen LogP contribution in [0.3, 0.4) is 0 Å². The number of nitrogens with zero attached hydrogens (tertiary/aromatic N) is 1. The van der Waals surface area contributed by atoms with Gasteiger partial charge < -0.3 is 20.2 Å². The molecule has 0 aliphatic carbocycles. The number of hydrogen-bond donors (Lipinski definition) is 3. The van der Waals surface area contributed by atoms with Crippen LogP contribution in [0.4, 0.5) is 4.79 Å². The molecule has 20 heavy (non-hydrogen) atoms. The smallest absolute Gasteiger partial charge is 0.315 e. The van der Waals surface area contributed by atoms with E-state index in [4.69, 9.17) is 9.52 Å². The Morgan fingerprint density at radius 2 is 2.15 bits per heavy atom. The van der Waals surface area contributed by atoms with Gasteiger partial charge in [0.1, 0.15) is 5.76 Å². The van der Waals surface area contributed by atoms with Gasteiger partial charge >= 0.3 is 12.0 Å². The number of nitrogens with one attached hydrogen (secondary N) is 2. The highest BCUT2D eigenvalue weighted by molar-refractivity contribution is 5.73. The van der Waals surface area contributed by atoms with Gasteiger partial charge in [0.25, 0.3) is 0 Å². The highest BCUT2D eigenvalue weighted by Gasteiger charge is 2.12. The number of rotatable bonds is 8. The molecule has 7 nitrogen and oxygen atoms in total. The average Bonchev–Trinajstić information content (AvgIpc) is 2.88. The topological polar surface area (TPSA) is 104 Å². The van der Waals surface area contributed by atoms with Crippen molar-refractivity contribution in [3.05, 3.63) is 17.8 Å². The van der Waals surface area contributed by atoms with E-state index in [0.29, 0.717) is 18.9 Å². The molecule has 0 saturated carbocycles. The van der Waals surface area contributed by atoms with Crippen molar-refractivity contribution in [2.75, 3.05) is 6.54 Å². The van der Waals surface area contributed by atoms with E-state index in [-0.39, 0.29) is 24.9 Å². The first-order chi connectivity index (χ1) is 9.55. The molecule has 0 aliphatic rings. The second kappa shape index (κ2) is 8.19. The molecule has 0 aromatic carbocycles. The number of carboxylic acid groups (broad SMARTS) is 1. The summed E-state index contributed by atoms with van der Waals surface area (Å²) in [4.78, 5) is 26.2. The first-order valence-electron chi connectivity index (χ1n) is 6.72. The molecule has 1 aromatic heterocycles. The molecule has 0 radical (unpaired) electrons. The van der Waals surface area contributed by atoms with Crippen molar-refractivity contribution in [2.24, 2.45) is 5.92 Å². The van der Waals surface area contributed by atoms with Gasteiger partial charge in [0, 0.05) is 19.4 Å². The third kappa shape index (κ3) is 5.73. The molecule has 0 fully saturated rings. The van der Waals surface area contributed by atoms with Gasteiger partial charge in [0.2, 0.25) is 5.89 Å². The highest BCUT2D eigenvalue weighted by Crippen LogP contribution is 2.06. The molecule has 1 atom stereocenters. The molecule has 0 spiro atoms. The van der Waals surface area contributed by atoms with Gasteiger partial charge in [0.15, 0.2) is 0 Å². The molecular formula is C13H21N3O4. The second-order valence-corrected chi connectivity index (χ2v) is 4.51. The molecule has 1 rings (SSSR count). The number of carbonyl (C=O) groups is 2. The largest absolute Gasteiger partial charge is 0.481 e. The van der Waals surface area contributed by atoms with E-state index in [1.807, 2.05) is 13.8 Å².